The third-order valence-electron chi connectivity index (χ3n) is 4.58. The summed E-state index contributed by atoms with van der Waals surface area (Å²) in [6.45, 7) is 0.903. The van der Waals surface area contributed by atoms with Gasteiger partial charge in [-0.05, 0) is 34.9 Å². The van der Waals surface area contributed by atoms with Gasteiger partial charge in [0.05, 0.1) is 13.0 Å². The van der Waals surface area contributed by atoms with Crippen molar-refractivity contribution in [1.82, 2.24) is 10.3 Å². The highest BCUT2D eigenvalue weighted by molar-refractivity contribution is 5.94. The van der Waals surface area contributed by atoms with Gasteiger partial charge in [0, 0.05) is 31.7 Å². The molecule has 0 unspecified atom stereocenters. The molecule has 154 valence electrons. The van der Waals surface area contributed by atoms with Gasteiger partial charge in [-0.3, -0.25) is 14.6 Å². The SMILES string of the molecule is COCC(=O)N(Cc1ccccc1)c1ccc(CC(=O)NCc2cccnc2)cc1. The lowest BCUT2D eigenvalue weighted by Crippen LogP contribution is -2.33. The third-order valence-corrected chi connectivity index (χ3v) is 4.58. The van der Waals surface area contributed by atoms with Gasteiger partial charge in [0.1, 0.15) is 6.61 Å². The van der Waals surface area contributed by atoms with Crippen LogP contribution in [-0.2, 0) is 33.8 Å². The van der Waals surface area contributed by atoms with Crippen molar-refractivity contribution in [1.29, 1.82) is 0 Å². The fourth-order valence-electron chi connectivity index (χ4n) is 3.04. The van der Waals surface area contributed by atoms with Crippen LogP contribution in [0.5, 0.6) is 0 Å². The fourth-order valence-corrected chi connectivity index (χ4v) is 3.04. The number of rotatable bonds is 9. The van der Waals surface area contributed by atoms with Gasteiger partial charge in [0.15, 0.2) is 0 Å². The summed E-state index contributed by atoms with van der Waals surface area (Å²) in [6, 6.07) is 21.0. The van der Waals surface area contributed by atoms with Crippen LogP contribution in [0.4, 0.5) is 5.69 Å². The fraction of sp³-hybridized carbons (Fsp3) is 0.208. The van der Waals surface area contributed by atoms with Crippen molar-refractivity contribution in [2.75, 3.05) is 18.6 Å². The summed E-state index contributed by atoms with van der Waals surface area (Å²) in [5.74, 6) is -0.188. The second-order valence-corrected chi connectivity index (χ2v) is 6.88. The first-order chi connectivity index (χ1) is 14.7. The minimum Gasteiger partial charge on any atom is -0.375 e. The van der Waals surface area contributed by atoms with E-state index >= 15 is 0 Å². The number of amides is 2. The van der Waals surface area contributed by atoms with E-state index in [1.807, 2.05) is 66.7 Å². The number of methoxy groups -OCH3 is 1. The molecule has 3 rings (SSSR count). The molecule has 0 radical (unpaired) electrons. The molecule has 3 aromatic rings. The van der Waals surface area contributed by atoms with E-state index in [4.69, 9.17) is 4.74 Å². The Kier molecular flexibility index (Phi) is 7.69. The summed E-state index contributed by atoms with van der Waals surface area (Å²) in [6.07, 6.45) is 3.70. The molecule has 2 amide bonds. The number of ether oxygens (including phenoxy) is 1. The standard InChI is InChI=1S/C24H25N3O3/c1-30-18-24(29)27(17-20-6-3-2-4-7-20)22-11-9-19(10-12-22)14-23(28)26-16-21-8-5-13-25-15-21/h2-13,15H,14,16-18H2,1H3,(H,26,28). The molecule has 1 heterocycles. The molecule has 0 spiro atoms. The van der Waals surface area contributed by atoms with Crippen LogP contribution in [0.15, 0.2) is 79.1 Å². The maximum Gasteiger partial charge on any atom is 0.253 e. The van der Waals surface area contributed by atoms with E-state index in [1.54, 1.807) is 17.3 Å². The van der Waals surface area contributed by atoms with Crippen molar-refractivity contribution in [3.63, 3.8) is 0 Å². The Morgan fingerprint density at radius 3 is 2.33 bits per heavy atom. The average Bonchev–Trinajstić information content (AvgIpc) is 2.78. The number of carbonyl (C=O) groups excluding carboxylic acids is 2. The quantitative estimate of drug-likeness (QED) is 0.596. The molecule has 0 aliphatic rings. The summed E-state index contributed by atoms with van der Waals surface area (Å²) in [7, 11) is 1.51. The van der Waals surface area contributed by atoms with Crippen LogP contribution in [0.2, 0.25) is 0 Å². The second kappa shape index (κ2) is 10.9. The lowest BCUT2D eigenvalue weighted by Gasteiger charge is -2.23. The van der Waals surface area contributed by atoms with E-state index in [1.165, 1.54) is 7.11 Å². The number of nitrogens with zero attached hydrogens (tertiary/aromatic N) is 2. The van der Waals surface area contributed by atoms with Crippen LogP contribution >= 0.6 is 0 Å². The van der Waals surface area contributed by atoms with Gasteiger partial charge in [0.2, 0.25) is 5.91 Å². The monoisotopic (exact) mass is 403 g/mol. The van der Waals surface area contributed by atoms with Crippen molar-refractivity contribution >= 4 is 17.5 Å². The van der Waals surface area contributed by atoms with Crippen molar-refractivity contribution in [2.45, 2.75) is 19.5 Å². The number of nitrogens with one attached hydrogen (secondary N) is 1. The molecule has 0 aliphatic heterocycles. The highest BCUT2D eigenvalue weighted by Gasteiger charge is 2.16. The molecule has 0 saturated carbocycles. The molecule has 0 bridgehead atoms. The van der Waals surface area contributed by atoms with Gasteiger partial charge in [-0.15, -0.1) is 0 Å². The van der Waals surface area contributed by atoms with Gasteiger partial charge >= 0.3 is 0 Å². The van der Waals surface area contributed by atoms with Crippen molar-refractivity contribution in [3.05, 3.63) is 95.8 Å². The first-order valence-corrected chi connectivity index (χ1v) is 9.73. The van der Waals surface area contributed by atoms with E-state index in [-0.39, 0.29) is 24.8 Å². The minimum atomic E-state index is -0.122. The lowest BCUT2D eigenvalue weighted by atomic mass is 10.1. The molecular formula is C24H25N3O3. The number of hydrogen-bond acceptors (Lipinski definition) is 4. The summed E-state index contributed by atoms with van der Waals surface area (Å²) >= 11 is 0. The minimum absolute atomic E-state index is 0.00529. The van der Waals surface area contributed by atoms with Gasteiger partial charge in [-0.2, -0.15) is 0 Å². The van der Waals surface area contributed by atoms with Crippen LogP contribution in [0.1, 0.15) is 16.7 Å². The Bertz CT molecular complexity index is 944. The van der Waals surface area contributed by atoms with Crippen LogP contribution in [-0.4, -0.2) is 30.5 Å². The van der Waals surface area contributed by atoms with Crippen molar-refractivity contribution in [3.8, 4) is 0 Å². The third kappa shape index (κ3) is 6.25. The van der Waals surface area contributed by atoms with Crippen LogP contribution in [0, 0.1) is 0 Å². The van der Waals surface area contributed by atoms with Crippen molar-refractivity contribution < 1.29 is 14.3 Å². The zero-order valence-electron chi connectivity index (χ0n) is 17.0. The van der Waals surface area contributed by atoms with E-state index < -0.39 is 0 Å². The summed E-state index contributed by atoms with van der Waals surface area (Å²) in [5, 5.41) is 2.89. The number of anilines is 1. The summed E-state index contributed by atoms with van der Waals surface area (Å²) in [5.41, 5.74) is 3.62. The van der Waals surface area contributed by atoms with Crippen LogP contribution in [0.3, 0.4) is 0 Å². The maximum atomic E-state index is 12.6. The molecular weight excluding hydrogens is 378 g/mol. The Hall–Kier alpha value is -3.51. The van der Waals surface area contributed by atoms with Crippen molar-refractivity contribution in [2.24, 2.45) is 0 Å². The first-order valence-electron chi connectivity index (χ1n) is 9.73. The Balaban J connectivity index is 1.63. The molecule has 6 nitrogen and oxygen atoms in total. The summed E-state index contributed by atoms with van der Waals surface area (Å²) < 4.78 is 5.03. The Morgan fingerprint density at radius 2 is 1.67 bits per heavy atom. The normalized spacial score (nSPS) is 10.4. The predicted molar refractivity (Wildman–Crippen MR) is 116 cm³/mol. The molecule has 0 aliphatic carbocycles. The molecule has 0 fully saturated rings. The smallest absolute Gasteiger partial charge is 0.253 e. The molecule has 2 aromatic carbocycles. The lowest BCUT2D eigenvalue weighted by molar-refractivity contribution is -0.122. The van der Waals surface area contributed by atoms with E-state index in [0.717, 1.165) is 22.4 Å². The van der Waals surface area contributed by atoms with Crippen LogP contribution < -0.4 is 10.2 Å². The number of benzene rings is 2. The molecule has 0 atom stereocenters. The molecule has 30 heavy (non-hydrogen) atoms. The molecule has 1 N–H and O–H groups in total. The van der Waals surface area contributed by atoms with Gasteiger partial charge in [0.25, 0.3) is 5.91 Å². The Morgan fingerprint density at radius 1 is 0.933 bits per heavy atom. The zero-order valence-corrected chi connectivity index (χ0v) is 17.0. The zero-order chi connectivity index (χ0) is 21.2. The average molecular weight is 403 g/mol. The largest absolute Gasteiger partial charge is 0.375 e. The number of carbonyl (C=O) groups is 2. The maximum absolute atomic E-state index is 12.6. The molecule has 0 saturated heterocycles. The van der Waals surface area contributed by atoms with Gasteiger partial charge in [-0.25, -0.2) is 0 Å². The van der Waals surface area contributed by atoms with E-state index in [9.17, 15) is 9.59 Å². The number of aromatic nitrogens is 1. The van der Waals surface area contributed by atoms with E-state index in [0.29, 0.717) is 13.1 Å². The summed E-state index contributed by atoms with van der Waals surface area (Å²) in [4.78, 5) is 30.5. The number of hydrogen-bond donors (Lipinski definition) is 1. The Labute approximate surface area is 176 Å². The molecule has 1 aromatic heterocycles. The number of pyridine rings is 1. The second-order valence-electron chi connectivity index (χ2n) is 6.88. The topological polar surface area (TPSA) is 71.5 Å². The van der Waals surface area contributed by atoms with Gasteiger partial charge in [-0.1, -0.05) is 48.5 Å². The first kappa shape index (κ1) is 21.2. The highest BCUT2D eigenvalue weighted by Crippen LogP contribution is 2.19. The highest BCUT2D eigenvalue weighted by atomic mass is 16.5. The van der Waals surface area contributed by atoms with Crippen LogP contribution in [0.25, 0.3) is 0 Å². The van der Waals surface area contributed by atoms with E-state index in [2.05, 4.69) is 10.3 Å². The predicted octanol–water partition coefficient (Wildman–Crippen LogP) is 3.12. The van der Waals surface area contributed by atoms with Gasteiger partial charge < -0.3 is 15.0 Å². The molecule has 6 heteroatoms.